The first-order chi connectivity index (χ1) is 10.3. The molecule has 0 saturated carbocycles. The molecule has 0 aliphatic carbocycles. The van der Waals surface area contributed by atoms with Crippen LogP contribution in [0, 0.1) is 6.92 Å². The molecule has 1 aromatic carbocycles. The fourth-order valence-corrected chi connectivity index (χ4v) is 2.68. The zero-order valence-corrected chi connectivity index (χ0v) is 12.6. The van der Waals surface area contributed by atoms with Crippen LogP contribution in [-0.4, -0.2) is 23.1 Å². The lowest BCUT2D eigenvalue weighted by atomic mass is 10.1. The van der Waals surface area contributed by atoms with Crippen LogP contribution in [0.4, 0.5) is 5.82 Å². The number of hydrogen-bond acceptors (Lipinski definition) is 4. The van der Waals surface area contributed by atoms with E-state index < -0.39 is 0 Å². The molecule has 110 valence electrons. The van der Waals surface area contributed by atoms with Crippen LogP contribution < -0.4 is 5.32 Å². The standard InChI is InChI=1S/C17H21N3O/c1-3-18-16-12(2)15(13-8-5-4-6-9-13)19-17(20-16)14-10-7-11-21-14/h4-6,8-9,14H,3,7,10-11H2,1-2H3,(H,18,19,20). The molecule has 1 atom stereocenters. The Morgan fingerprint density at radius 2 is 2.05 bits per heavy atom. The summed E-state index contributed by atoms with van der Waals surface area (Å²) in [6, 6.07) is 10.3. The maximum absolute atomic E-state index is 5.75. The summed E-state index contributed by atoms with van der Waals surface area (Å²) in [5, 5.41) is 3.34. The van der Waals surface area contributed by atoms with Crippen LogP contribution in [0.2, 0.25) is 0 Å². The largest absolute Gasteiger partial charge is 0.370 e. The third-order valence-electron chi connectivity index (χ3n) is 3.77. The van der Waals surface area contributed by atoms with Crippen molar-refractivity contribution in [2.24, 2.45) is 0 Å². The van der Waals surface area contributed by atoms with Gasteiger partial charge in [0.2, 0.25) is 0 Å². The number of ether oxygens (including phenoxy) is 1. The number of rotatable bonds is 4. The van der Waals surface area contributed by atoms with Gasteiger partial charge in [0.05, 0.1) is 5.69 Å². The molecule has 2 heterocycles. The van der Waals surface area contributed by atoms with Gasteiger partial charge in [0, 0.05) is 24.3 Å². The van der Waals surface area contributed by atoms with Crippen molar-refractivity contribution in [3.8, 4) is 11.3 Å². The van der Waals surface area contributed by atoms with Crippen molar-refractivity contribution in [2.75, 3.05) is 18.5 Å². The normalized spacial score (nSPS) is 17.9. The molecule has 1 aromatic heterocycles. The van der Waals surface area contributed by atoms with E-state index in [4.69, 9.17) is 9.72 Å². The van der Waals surface area contributed by atoms with E-state index in [2.05, 4.69) is 36.3 Å². The second kappa shape index (κ2) is 6.22. The second-order valence-corrected chi connectivity index (χ2v) is 5.30. The topological polar surface area (TPSA) is 47.0 Å². The molecule has 1 unspecified atom stereocenters. The van der Waals surface area contributed by atoms with Crippen LogP contribution in [0.5, 0.6) is 0 Å². The molecular weight excluding hydrogens is 262 g/mol. The summed E-state index contributed by atoms with van der Waals surface area (Å²) in [5.74, 6) is 1.71. The molecule has 0 spiro atoms. The predicted octanol–water partition coefficient (Wildman–Crippen LogP) is 3.74. The number of hydrogen-bond donors (Lipinski definition) is 1. The molecule has 1 fully saturated rings. The minimum atomic E-state index is 0.0328. The Balaban J connectivity index is 2.08. The van der Waals surface area contributed by atoms with Crippen LogP contribution in [-0.2, 0) is 4.74 Å². The minimum absolute atomic E-state index is 0.0328. The van der Waals surface area contributed by atoms with E-state index in [0.717, 1.165) is 54.5 Å². The molecule has 1 aliphatic rings. The zero-order chi connectivity index (χ0) is 14.7. The van der Waals surface area contributed by atoms with E-state index in [0.29, 0.717) is 0 Å². The van der Waals surface area contributed by atoms with Gasteiger partial charge in [-0.15, -0.1) is 0 Å². The number of nitrogens with one attached hydrogen (secondary N) is 1. The van der Waals surface area contributed by atoms with Crippen molar-refractivity contribution >= 4 is 5.82 Å². The fourth-order valence-electron chi connectivity index (χ4n) is 2.68. The molecule has 21 heavy (non-hydrogen) atoms. The third kappa shape index (κ3) is 2.90. The lowest BCUT2D eigenvalue weighted by molar-refractivity contribution is 0.105. The van der Waals surface area contributed by atoms with Gasteiger partial charge in [-0.1, -0.05) is 30.3 Å². The Morgan fingerprint density at radius 1 is 1.24 bits per heavy atom. The molecule has 0 radical (unpaired) electrons. The lowest BCUT2D eigenvalue weighted by Gasteiger charge is -2.16. The maximum Gasteiger partial charge on any atom is 0.160 e. The van der Waals surface area contributed by atoms with Crippen molar-refractivity contribution in [1.29, 1.82) is 0 Å². The smallest absolute Gasteiger partial charge is 0.160 e. The number of anilines is 1. The second-order valence-electron chi connectivity index (χ2n) is 5.30. The highest BCUT2D eigenvalue weighted by molar-refractivity contribution is 5.68. The van der Waals surface area contributed by atoms with Crippen molar-refractivity contribution in [2.45, 2.75) is 32.8 Å². The Morgan fingerprint density at radius 3 is 2.71 bits per heavy atom. The van der Waals surface area contributed by atoms with Crippen LogP contribution in [0.1, 0.15) is 37.3 Å². The van der Waals surface area contributed by atoms with E-state index in [-0.39, 0.29) is 6.10 Å². The van der Waals surface area contributed by atoms with E-state index in [1.54, 1.807) is 0 Å². The van der Waals surface area contributed by atoms with Gasteiger partial charge in [0.15, 0.2) is 5.82 Å². The van der Waals surface area contributed by atoms with Gasteiger partial charge in [0.1, 0.15) is 11.9 Å². The first-order valence-corrected chi connectivity index (χ1v) is 7.59. The maximum atomic E-state index is 5.75. The van der Waals surface area contributed by atoms with Crippen molar-refractivity contribution < 1.29 is 4.74 Å². The molecule has 1 N–H and O–H groups in total. The molecule has 0 amide bonds. The molecule has 1 aliphatic heterocycles. The van der Waals surface area contributed by atoms with Crippen LogP contribution in [0.25, 0.3) is 11.3 Å². The summed E-state index contributed by atoms with van der Waals surface area (Å²) in [6.07, 6.45) is 2.12. The molecule has 4 nitrogen and oxygen atoms in total. The SMILES string of the molecule is CCNc1nc(C2CCCO2)nc(-c2ccccc2)c1C. The molecular formula is C17H21N3O. The number of nitrogens with zero attached hydrogens (tertiary/aromatic N) is 2. The number of aromatic nitrogens is 2. The molecule has 0 bridgehead atoms. The van der Waals surface area contributed by atoms with E-state index in [1.807, 2.05) is 18.2 Å². The Labute approximate surface area is 125 Å². The van der Waals surface area contributed by atoms with Crippen molar-refractivity contribution in [3.05, 3.63) is 41.7 Å². The van der Waals surface area contributed by atoms with Gasteiger partial charge in [-0.3, -0.25) is 0 Å². The van der Waals surface area contributed by atoms with Gasteiger partial charge in [0.25, 0.3) is 0 Å². The average Bonchev–Trinajstić information content (AvgIpc) is 3.05. The monoisotopic (exact) mass is 283 g/mol. The summed E-state index contributed by atoms with van der Waals surface area (Å²) >= 11 is 0. The van der Waals surface area contributed by atoms with Crippen molar-refractivity contribution in [3.63, 3.8) is 0 Å². The molecule has 2 aromatic rings. The van der Waals surface area contributed by atoms with E-state index in [1.165, 1.54) is 0 Å². The van der Waals surface area contributed by atoms with Gasteiger partial charge in [-0.05, 0) is 26.7 Å². The molecule has 3 rings (SSSR count). The average molecular weight is 283 g/mol. The van der Waals surface area contributed by atoms with Crippen LogP contribution >= 0.6 is 0 Å². The molecule has 4 heteroatoms. The minimum Gasteiger partial charge on any atom is -0.370 e. The summed E-state index contributed by atoms with van der Waals surface area (Å²) in [4.78, 5) is 9.47. The zero-order valence-electron chi connectivity index (χ0n) is 12.6. The molecule has 1 saturated heterocycles. The number of benzene rings is 1. The fraction of sp³-hybridized carbons (Fsp3) is 0.412. The summed E-state index contributed by atoms with van der Waals surface area (Å²) in [6.45, 7) is 5.80. The van der Waals surface area contributed by atoms with Crippen LogP contribution in [0.3, 0.4) is 0 Å². The van der Waals surface area contributed by atoms with E-state index in [9.17, 15) is 0 Å². The highest BCUT2D eigenvalue weighted by Gasteiger charge is 2.23. The van der Waals surface area contributed by atoms with Crippen molar-refractivity contribution in [1.82, 2.24) is 9.97 Å². The lowest BCUT2D eigenvalue weighted by Crippen LogP contribution is -2.10. The highest BCUT2D eigenvalue weighted by Crippen LogP contribution is 2.31. The van der Waals surface area contributed by atoms with Gasteiger partial charge in [-0.25, -0.2) is 9.97 Å². The Hall–Kier alpha value is -1.94. The van der Waals surface area contributed by atoms with Gasteiger partial charge < -0.3 is 10.1 Å². The van der Waals surface area contributed by atoms with E-state index >= 15 is 0 Å². The highest BCUT2D eigenvalue weighted by atomic mass is 16.5. The Kier molecular flexibility index (Phi) is 4.15. The third-order valence-corrected chi connectivity index (χ3v) is 3.77. The quantitative estimate of drug-likeness (QED) is 0.928. The summed E-state index contributed by atoms with van der Waals surface area (Å²) < 4.78 is 5.75. The summed E-state index contributed by atoms with van der Waals surface area (Å²) in [7, 11) is 0. The summed E-state index contributed by atoms with van der Waals surface area (Å²) in [5.41, 5.74) is 3.20. The van der Waals surface area contributed by atoms with Crippen LogP contribution in [0.15, 0.2) is 30.3 Å². The van der Waals surface area contributed by atoms with Gasteiger partial charge >= 0.3 is 0 Å². The first kappa shape index (κ1) is 14.0. The predicted molar refractivity (Wildman–Crippen MR) is 84.3 cm³/mol. The first-order valence-electron chi connectivity index (χ1n) is 7.59. The Bertz CT molecular complexity index is 607. The van der Waals surface area contributed by atoms with Gasteiger partial charge in [-0.2, -0.15) is 0 Å².